The van der Waals surface area contributed by atoms with E-state index in [1.165, 1.54) is 48.3 Å². The third-order valence-electron chi connectivity index (χ3n) is 9.49. The molecule has 3 aromatic carbocycles. The minimum Gasteiger partial charge on any atom is -0.371 e. The molecule has 0 aliphatic heterocycles. The molecule has 0 saturated heterocycles. The van der Waals surface area contributed by atoms with E-state index in [1.54, 1.807) is 0 Å². The fourth-order valence-corrected chi connectivity index (χ4v) is 7.99. The first-order chi connectivity index (χ1) is 22.4. The monoisotopic (exact) mass is 671 g/mol. The van der Waals surface area contributed by atoms with Crippen LogP contribution in [0.15, 0.2) is 60.7 Å². The van der Waals surface area contributed by atoms with Crippen LogP contribution in [0.2, 0.25) is 0 Å². The Kier molecular flexibility index (Phi) is 9.61. The third-order valence-corrected chi connectivity index (χ3v) is 10.4. The van der Waals surface area contributed by atoms with Crippen LogP contribution in [0.25, 0.3) is 10.4 Å². The van der Waals surface area contributed by atoms with Crippen molar-refractivity contribution in [3.05, 3.63) is 99.7 Å². The first kappa shape index (κ1) is 33.4. The van der Waals surface area contributed by atoms with Gasteiger partial charge in [-0.2, -0.15) is 30.7 Å². The zero-order valence-electron chi connectivity index (χ0n) is 26.6. The van der Waals surface area contributed by atoms with E-state index in [0.29, 0.717) is 12.5 Å². The van der Waals surface area contributed by atoms with E-state index in [4.69, 9.17) is 0 Å². The highest BCUT2D eigenvalue weighted by Crippen LogP contribution is 2.41. The van der Waals surface area contributed by atoms with Gasteiger partial charge in [0.25, 0.3) is 0 Å². The van der Waals surface area contributed by atoms with Crippen LogP contribution in [0.1, 0.15) is 78.1 Å². The van der Waals surface area contributed by atoms with E-state index >= 15 is 0 Å². The van der Waals surface area contributed by atoms with Gasteiger partial charge in [0.1, 0.15) is 0 Å². The summed E-state index contributed by atoms with van der Waals surface area (Å²) < 4.78 is 87.9. The molecular formula is C37H39F6N3S. The molecule has 0 N–H and O–H groups in total. The van der Waals surface area contributed by atoms with Crippen molar-refractivity contribution in [3.63, 3.8) is 0 Å². The zero-order chi connectivity index (χ0) is 33.3. The third kappa shape index (κ3) is 7.63. The quantitative estimate of drug-likeness (QED) is 0.156. The first-order valence-corrected chi connectivity index (χ1v) is 17.1. The molecule has 6 rings (SSSR count). The Morgan fingerprint density at radius 1 is 0.766 bits per heavy atom. The molecule has 0 amide bonds. The molecule has 0 atom stereocenters. The summed E-state index contributed by atoms with van der Waals surface area (Å²) in [6, 6.07) is 15.9. The number of para-hydroxylation sites is 1. The Bertz CT molecular complexity index is 1670. The van der Waals surface area contributed by atoms with Crippen molar-refractivity contribution < 1.29 is 26.3 Å². The molecule has 0 unspecified atom stereocenters. The molecule has 1 fully saturated rings. The van der Waals surface area contributed by atoms with Gasteiger partial charge in [0.2, 0.25) is 0 Å². The summed E-state index contributed by atoms with van der Waals surface area (Å²) in [5.41, 5.74) is 4.48. The summed E-state index contributed by atoms with van der Waals surface area (Å²) >= 11 is 1.32. The minimum absolute atomic E-state index is 0.0524. The van der Waals surface area contributed by atoms with Gasteiger partial charge in [0, 0.05) is 43.1 Å². The molecule has 2 aliphatic rings. The Morgan fingerprint density at radius 2 is 1.43 bits per heavy atom. The summed E-state index contributed by atoms with van der Waals surface area (Å²) in [4.78, 5) is 5.24. The molecule has 47 heavy (non-hydrogen) atoms. The molecule has 2 aliphatic carbocycles. The molecule has 3 nitrogen and oxygen atoms in total. The molecule has 250 valence electrons. The normalized spacial score (nSPS) is 15.3. The lowest BCUT2D eigenvalue weighted by molar-refractivity contribution is -0.143. The van der Waals surface area contributed by atoms with Gasteiger partial charge in [-0.3, -0.25) is 0 Å². The molecule has 4 aromatic rings. The first-order valence-electron chi connectivity index (χ1n) is 16.3. The van der Waals surface area contributed by atoms with Gasteiger partial charge in [0.05, 0.1) is 21.7 Å². The van der Waals surface area contributed by atoms with Crippen LogP contribution in [0.5, 0.6) is 0 Å². The Morgan fingerprint density at radius 3 is 2.04 bits per heavy atom. The highest BCUT2D eigenvalue weighted by atomic mass is 32.1. The maximum atomic E-state index is 13.9. The van der Waals surface area contributed by atoms with Crippen molar-refractivity contribution in [2.75, 3.05) is 22.9 Å². The van der Waals surface area contributed by atoms with Crippen LogP contribution < -0.4 is 9.80 Å². The largest absolute Gasteiger partial charge is 0.416 e. The Hall–Kier alpha value is -3.53. The van der Waals surface area contributed by atoms with Crippen LogP contribution in [0, 0.1) is 12.8 Å². The second-order valence-electron chi connectivity index (χ2n) is 12.9. The smallest absolute Gasteiger partial charge is 0.371 e. The number of hydrogen-bond donors (Lipinski definition) is 0. The van der Waals surface area contributed by atoms with Crippen LogP contribution in [0.3, 0.4) is 0 Å². The Balaban J connectivity index is 1.47. The summed E-state index contributed by atoms with van der Waals surface area (Å²) in [5.74, 6) is 0.605. The van der Waals surface area contributed by atoms with Crippen molar-refractivity contribution in [1.29, 1.82) is 0 Å². The lowest BCUT2D eigenvalue weighted by Gasteiger charge is -2.33. The number of fused-ring (bicyclic) bond motifs is 1. The van der Waals surface area contributed by atoms with Gasteiger partial charge >= 0.3 is 12.4 Å². The van der Waals surface area contributed by atoms with Gasteiger partial charge in [0.15, 0.2) is 0 Å². The highest BCUT2D eigenvalue weighted by molar-refractivity contribution is 7.09. The number of rotatable bonds is 10. The number of hydrogen-bond acceptors (Lipinski definition) is 4. The number of anilines is 2. The summed E-state index contributed by atoms with van der Waals surface area (Å²) in [7, 11) is 0. The number of aryl methyl sites for hydroxylation is 3. The van der Waals surface area contributed by atoms with E-state index in [2.05, 4.69) is 28.3 Å². The topological polar surface area (TPSA) is 19.4 Å². The number of benzene rings is 3. The van der Waals surface area contributed by atoms with E-state index < -0.39 is 23.5 Å². The number of alkyl halides is 6. The maximum Gasteiger partial charge on any atom is 0.416 e. The number of halogens is 6. The lowest BCUT2D eigenvalue weighted by Crippen LogP contribution is -2.31. The number of nitrogens with zero attached hydrogens (tertiary/aromatic N) is 3. The number of aromatic nitrogens is 1. The Labute approximate surface area is 276 Å². The average molecular weight is 672 g/mol. The van der Waals surface area contributed by atoms with Crippen LogP contribution in [0.4, 0.5) is 37.7 Å². The molecular weight excluding hydrogens is 632 g/mol. The molecule has 1 heterocycles. The molecule has 0 spiro atoms. The van der Waals surface area contributed by atoms with Gasteiger partial charge < -0.3 is 9.80 Å². The second kappa shape index (κ2) is 13.5. The SMILES string of the molecule is CCN(CC1CCCC1)c1cc2c(cc1CN(Cc1cc(C(F)(F)F)cc(C(F)(F)F)c1)c1ccccc1-c1cc(C)ns1)CCC2. The standard InChI is InChI=1S/C37H39F6N3S/c1-3-45(21-25-9-4-5-10-25)34-19-28-12-8-11-27(28)18-29(34)23-46(33-14-7-6-13-32(33)35-15-24(2)44-47-35)22-26-16-30(36(38,39)40)20-31(17-26)37(41,42)43/h6-7,13-20,25H,3-5,8-12,21-23H2,1-2H3. The predicted octanol–water partition coefficient (Wildman–Crippen LogP) is 10.9. The highest BCUT2D eigenvalue weighted by Gasteiger charge is 2.37. The molecule has 0 radical (unpaired) electrons. The van der Waals surface area contributed by atoms with Crippen LogP contribution in [-0.4, -0.2) is 17.5 Å². The fourth-order valence-electron chi connectivity index (χ4n) is 7.20. The van der Waals surface area contributed by atoms with Crippen molar-refractivity contribution in [2.24, 2.45) is 5.92 Å². The molecule has 1 aromatic heterocycles. The zero-order valence-corrected chi connectivity index (χ0v) is 27.5. The average Bonchev–Trinajstić information content (AvgIpc) is 3.81. The summed E-state index contributed by atoms with van der Waals surface area (Å²) in [6.45, 7) is 5.95. The minimum atomic E-state index is -4.92. The van der Waals surface area contributed by atoms with Crippen molar-refractivity contribution >= 4 is 22.9 Å². The van der Waals surface area contributed by atoms with Crippen molar-refractivity contribution in [2.45, 2.75) is 84.2 Å². The fraction of sp³-hybridized carbons (Fsp3) is 0.432. The van der Waals surface area contributed by atoms with Gasteiger partial charge in [-0.25, -0.2) is 0 Å². The van der Waals surface area contributed by atoms with Crippen LogP contribution >= 0.6 is 11.5 Å². The van der Waals surface area contributed by atoms with Gasteiger partial charge in [-0.05, 0) is 122 Å². The summed E-state index contributed by atoms with van der Waals surface area (Å²) in [6.07, 6.45) is -1.96. The molecule has 1 saturated carbocycles. The van der Waals surface area contributed by atoms with Crippen molar-refractivity contribution in [1.82, 2.24) is 4.37 Å². The van der Waals surface area contributed by atoms with E-state index in [9.17, 15) is 26.3 Å². The second-order valence-corrected chi connectivity index (χ2v) is 13.7. The van der Waals surface area contributed by atoms with E-state index in [-0.39, 0.29) is 18.2 Å². The molecule has 10 heteroatoms. The summed E-state index contributed by atoms with van der Waals surface area (Å²) in [5, 5.41) is 0. The van der Waals surface area contributed by atoms with Crippen molar-refractivity contribution in [3.8, 4) is 10.4 Å². The molecule has 0 bridgehead atoms. The van der Waals surface area contributed by atoms with E-state index in [0.717, 1.165) is 77.6 Å². The van der Waals surface area contributed by atoms with Gasteiger partial charge in [-0.15, -0.1) is 0 Å². The lowest BCUT2D eigenvalue weighted by atomic mass is 9.99. The van der Waals surface area contributed by atoms with E-state index in [1.807, 2.05) is 42.2 Å². The van der Waals surface area contributed by atoms with Crippen LogP contribution in [-0.2, 0) is 38.3 Å². The predicted molar refractivity (Wildman–Crippen MR) is 177 cm³/mol. The maximum absolute atomic E-state index is 13.9. The van der Waals surface area contributed by atoms with Gasteiger partial charge in [-0.1, -0.05) is 37.1 Å².